The number of hydrogen-bond donors (Lipinski definition) is 0. The summed E-state index contributed by atoms with van der Waals surface area (Å²) in [5.41, 5.74) is 0.902. The molecule has 0 N–H and O–H groups in total. The van der Waals surface area contributed by atoms with Crippen molar-refractivity contribution in [1.29, 1.82) is 0 Å². The molecule has 0 aromatic heterocycles. The minimum absolute atomic E-state index is 0.702. The molecule has 12 heavy (non-hydrogen) atoms. The van der Waals surface area contributed by atoms with Crippen LogP contribution in [0.4, 0.5) is 0 Å². The van der Waals surface area contributed by atoms with Crippen molar-refractivity contribution in [2.75, 3.05) is 6.61 Å². The van der Waals surface area contributed by atoms with Gasteiger partial charge in [-0.2, -0.15) is 0 Å². The summed E-state index contributed by atoms with van der Waals surface area (Å²) in [6.07, 6.45) is 5.17. The van der Waals surface area contributed by atoms with Gasteiger partial charge < -0.3 is 4.74 Å². The number of unbranched alkanes of at least 4 members (excludes halogenated alkanes) is 2. The minimum Gasteiger partial charge on any atom is -0.494 e. The van der Waals surface area contributed by atoms with Crippen molar-refractivity contribution < 1.29 is 4.74 Å². The highest BCUT2D eigenvalue weighted by atomic mass is 16.5. The van der Waals surface area contributed by atoms with E-state index in [1.54, 1.807) is 0 Å². The van der Waals surface area contributed by atoms with E-state index < -0.39 is 0 Å². The summed E-state index contributed by atoms with van der Waals surface area (Å²) in [5, 5.41) is 0. The van der Waals surface area contributed by atoms with E-state index in [9.17, 15) is 0 Å². The fourth-order valence-electron chi connectivity index (χ4n) is 0.709. The molecule has 0 fully saturated rings. The van der Waals surface area contributed by atoms with Crippen LogP contribution in [0.15, 0.2) is 37.1 Å². The highest BCUT2D eigenvalue weighted by Crippen LogP contribution is 2.06. The van der Waals surface area contributed by atoms with E-state index in [0.29, 0.717) is 5.76 Å². The SMILES string of the molecule is C=CCCCCOC(=C)C(=C)C. The summed E-state index contributed by atoms with van der Waals surface area (Å²) in [6.45, 7) is 13.7. The van der Waals surface area contributed by atoms with E-state index in [1.165, 1.54) is 0 Å². The van der Waals surface area contributed by atoms with Crippen LogP contribution in [0.5, 0.6) is 0 Å². The van der Waals surface area contributed by atoms with Crippen LogP contribution in [0, 0.1) is 0 Å². The zero-order valence-electron chi connectivity index (χ0n) is 7.94. The van der Waals surface area contributed by atoms with Gasteiger partial charge in [-0.3, -0.25) is 0 Å². The van der Waals surface area contributed by atoms with Gasteiger partial charge in [-0.25, -0.2) is 0 Å². The van der Waals surface area contributed by atoms with Gasteiger partial charge in [0.1, 0.15) is 5.76 Å². The normalized spacial score (nSPS) is 9.08. The maximum Gasteiger partial charge on any atom is 0.114 e. The fraction of sp³-hybridized carbons (Fsp3) is 0.455. The standard InChI is InChI=1S/C11H18O/c1-5-6-7-8-9-12-11(4)10(2)3/h5H,1-2,4,6-9H2,3H3. The Balaban J connectivity index is 3.25. The molecule has 0 aliphatic heterocycles. The second-order valence-electron chi connectivity index (χ2n) is 2.84. The second-order valence-corrected chi connectivity index (χ2v) is 2.84. The molecule has 0 unspecified atom stereocenters. The second kappa shape index (κ2) is 6.71. The maximum absolute atomic E-state index is 5.32. The first-order valence-electron chi connectivity index (χ1n) is 4.27. The maximum atomic E-state index is 5.32. The smallest absolute Gasteiger partial charge is 0.114 e. The molecule has 0 saturated heterocycles. The van der Waals surface area contributed by atoms with Gasteiger partial charge in [0.2, 0.25) is 0 Å². The molecule has 0 aliphatic rings. The topological polar surface area (TPSA) is 9.23 Å². The lowest BCUT2D eigenvalue weighted by molar-refractivity contribution is 0.215. The van der Waals surface area contributed by atoms with Crippen LogP contribution in [-0.2, 0) is 4.74 Å². The lowest BCUT2D eigenvalue weighted by Gasteiger charge is -2.07. The average Bonchev–Trinajstić information content (AvgIpc) is 2.03. The van der Waals surface area contributed by atoms with Crippen molar-refractivity contribution in [3.8, 4) is 0 Å². The van der Waals surface area contributed by atoms with Crippen LogP contribution < -0.4 is 0 Å². The molecule has 0 rings (SSSR count). The van der Waals surface area contributed by atoms with Crippen molar-refractivity contribution in [3.63, 3.8) is 0 Å². The average molecular weight is 166 g/mol. The lowest BCUT2D eigenvalue weighted by Crippen LogP contribution is -1.94. The summed E-state index contributed by atoms with van der Waals surface area (Å²) in [4.78, 5) is 0. The van der Waals surface area contributed by atoms with E-state index in [4.69, 9.17) is 4.74 Å². The van der Waals surface area contributed by atoms with Crippen LogP contribution in [-0.4, -0.2) is 6.61 Å². The largest absolute Gasteiger partial charge is 0.494 e. The molecule has 0 aromatic rings. The summed E-state index contributed by atoms with van der Waals surface area (Å²) in [6, 6.07) is 0. The Kier molecular flexibility index (Phi) is 6.16. The van der Waals surface area contributed by atoms with Crippen LogP contribution in [0.25, 0.3) is 0 Å². The van der Waals surface area contributed by atoms with Gasteiger partial charge in [0.25, 0.3) is 0 Å². The third kappa shape index (κ3) is 5.78. The highest BCUT2D eigenvalue weighted by molar-refractivity contribution is 5.15. The summed E-state index contributed by atoms with van der Waals surface area (Å²) in [5.74, 6) is 0.702. The van der Waals surface area contributed by atoms with Gasteiger partial charge in [-0.15, -0.1) is 6.58 Å². The first kappa shape index (κ1) is 11.0. The monoisotopic (exact) mass is 166 g/mol. The van der Waals surface area contributed by atoms with Crippen molar-refractivity contribution in [1.82, 2.24) is 0 Å². The predicted octanol–water partition coefficient (Wildman–Crippen LogP) is 3.45. The van der Waals surface area contributed by atoms with Crippen molar-refractivity contribution in [3.05, 3.63) is 37.1 Å². The Morgan fingerprint density at radius 2 is 2.00 bits per heavy atom. The summed E-state index contributed by atoms with van der Waals surface area (Å²) < 4.78 is 5.32. The zero-order chi connectivity index (χ0) is 9.40. The first-order chi connectivity index (χ1) is 5.68. The highest BCUT2D eigenvalue weighted by Gasteiger charge is 1.93. The van der Waals surface area contributed by atoms with Gasteiger partial charge in [0.05, 0.1) is 6.61 Å². The Hall–Kier alpha value is -0.980. The van der Waals surface area contributed by atoms with E-state index in [-0.39, 0.29) is 0 Å². The number of ether oxygens (including phenoxy) is 1. The molecule has 0 heterocycles. The van der Waals surface area contributed by atoms with E-state index in [1.807, 2.05) is 13.0 Å². The molecule has 1 heteroatoms. The molecule has 0 aromatic carbocycles. The molecule has 68 valence electrons. The van der Waals surface area contributed by atoms with Crippen LogP contribution in [0.1, 0.15) is 26.2 Å². The number of hydrogen-bond acceptors (Lipinski definition) is 1. The third-order valence-corrected chi connectivity index (χ3v) is 1.55. The Bertz CT molecular complexity index is 168. The zero-order valence-corrected chi connectivity index (χ0v) is 7.94. The van der Waals surface area contributed by atoms with Gasteiger partial charge >= 0.3 is 0 Å². The van der Waals surface area contributed by atoms with E-state index >= 15 is 0 Å². The molecule has 0 radical (unpaired) electrons. The van der Waals surface area contributed by atoms with E-state index in [0.717, 1.165) is 31.4 Å². The Morgan fingerprint density at radius 3 is 2.50 bits per heavy atom. The van der Waals surface area contributed by atoms with Crippen LogP contribution >= 0.6 is 0 Å². The summed E-state index contributed by atoms with van der Waals surface area (Å²) in [7, 11) is 0. The molecule has 1 nitrogen and oxygen atoms in total. The predicted molar refractivity (Wildman–Crippen MR) is 54.0 cm³/mol. The van der Waals surface area contributed by atoms with Gasteiger partial charge in [-0.05, 0) is 31.8 Å². The first-order valence-corrected chi connectivity index (χ1v) is 4.27. The third-order valence-electron chi connectivity index (χ3n) is 1.55. The molecule has 0 atom stereocenters. The van der Waals surface area contributed by atoms with Crippen LogP contribution in [0.3, 0.4) is 0 Å². The van der Waals surface area contributed by atoms with Crippen molar-refractivity contribution >= 4 is 0 Å². The number of rotatable bonds is 7. The minimum atomic E-state index is 0.702. The van der Waals surface area contributed by atoms with Crippen LogP contribution in [0.2, 0.25) is 0 Å². The Morgan fingerprint density at radius 1 is 1.33 bits per heavy atom. The van der Waals surface area contributed by atoms with Gasteiger partial charge in [-0.1, -0.05) is 19.2 Å². The quantitative estimate of drug-likeness (QED) is 0.243. The van der Waals surface area contributed by atoms with Gasteiger partial charge in [0, 0.05) is 0 Å². The lowest BCUT2D eigenvalue weighted by atomic mass is 10.2. The Labute approximate surface area is 75.4 Å². The molecular formula is C11H18O. The molecule has 0 aliphatic carbocycles. The number of allylic oxidation sites excluding steroid dienone is 2. The molecule has 0 amide bonds. The molecular weight excluding hydrogens is 148 g/mol. The van der Waals surface area contributed by atoms with Gasteiger partial charge in [0.15, 0.2) is 0 Å². The molecule has 0 spiro atoms. The van der Waals surface area contributed by atoms with E-state index in [2.05, 4.69) is 19.7 Å². The van der Waals surface area contributed by atoms with Crippen molar-refractivity contribution in [2.24, 2.45) is 0 Å². The summed E-state index contributed by atoms with van der Waals surface area (Å²) >= 11 is 0. The van der Waals surface area contributed by atoms with Crippen molar-refractivity contribution in [2.45, 2.75) is 26.2 Å². The molecule has 0 saturated carbocycles. The fourth-order valence-corrected chi connectivity index (χ4v) is 0.709. The molecule has 0 bridgehead atoms.